The third kappa shape index (κ3) is 8.01. The third-order valence-electron chi connectivity index (χ3n) is 4.77. The number of guanidine groups is 1. The molecule has 0 unspecified atom stereocenters. The average molecular weight is 556 g/mol. The quantitative estimate of drug-likeness (QED) is 0.285. The van der Waals surface area contributed by atoms with Crippen molar-refractivity contribution in [3.63, 3.8) is 0 Å². The Bertz CT molecular complexity index is 850. The molecular formula is C21H33IN8O2. The highest BCUT2D eigenvalue weighted by atomic mass is 127. The Morgan fingerprint density at radius 2 is 2.03 bits per heavy atom. The van der Waals surface area contributed by atoms with Gasteiger partial charge in [-0.2, -0.15) is 4.98 Å². The van der Waals surface area contributed by atoms with Gasteiger partial charge in [-0.15, -0.1) is 24.0 Å². The van der Waals surface area contributed by atoms with Crippen molar-refractivity contribution in [3.8, 4) is 11.6 Å². The molecule has 2 aromatic heterocycles. The lowest BCUT2D eigenvalue weighted by molar-refractivity contribution is -0.123. The summed E-state index contributed by atoms with van der Waals surface area (Å²) < 4.78 is 5.30. The maximum atomic E-state index is 12.0. The van der Waals surface area contributed by atoms with Crippen LogP contribution >= 0.6 is 24.0 Å². The van der Waals surface area contributed by atoms with E-state index in [-0.39, 0.29) is 35.9 Å². The van der Waals surface area contributed by atoms with Gasteiger partial charge in [0.05, 0.1) is 6.54 Å². The van der Waals surface area contributed by atoms with E-state index in [4.69, 9.17) is 9.52 Å². The van der Waals surface area contributed by atoms with Crippen molar-refractivity contribution in [2.75, 3.05) is 45.8 Å². The lowest BCUT2D eigenvalue weighted by Crippen LogP contribution is -2.54. The summed E-state index contributed by atoms with van der Waals surface area (Å²) in [6.45, 7) is 11.1. The van der Waals surface area contributed by atoms with Crippen molar-refractivity contribution in [2.24, 2.45) is 4.99 Å². The number of hydrogen-bond acceptors (Lipinski definition) is 7. The first kappa shape index (κ1) is 26.0. The first-order valence-electron chi connectivity index (χ1n) is 10.8. The Hall–Kier alpha value is -2.28. The van der Waals surface area contributed by atoms with Crippen molar-refractivity contribution < 1.29 is 9.32 Å². The van der Waals surface area contributed by atoms with Crippen molar-refractivity contribution >= 4 is 35.8 Å². The molecule has 1 aliphatic rings. The highest BCUT2D eigenvalue weighted by molar-refractivity contribution is 14.0. The summed E-state index contributed by atoms with van der Waals surface area (Å²) >= 11 is 0. The van der Waals surface area contributed by atoms with E-state index in [9.17, 15) is 4.79 Å². The minimum Gasteiger partial charge on any atom is -0.357 e. The molecule has 32 heavy (non-hydrogen) atoms. The van der Waals surface area contributed by atoms with Crippen molar-refractivity contribution in [3.05, 3.63) is 30.2 Å². The molecular weight excluding hydrogens is 523 g/mol. The second-order valence-electron chi connectivity index (χ2n) is 7.70. The van der Waals surface area contributed by atoms with Crippen molar-refractivity contribution in [1.29, 1.82) is 0 Å². The number of halogens is 1. The van der Waals surface area contributed by atoms with Gasteiger partial charge in [0.2, 0.25) is 5.91 Å². The molecule has 2 N–H and O–H groups in total. The van der Waals surface area contributed by atoms with Gasteiger partial charge in [0.1, 0.15) is 5.69 Å². The predicted octanol–water partition coefficient (Wildman–Crippen LogP) is 1.40. The number of aromatic nitrogens is 3. The molecule has 0 spiro atoms. The molecule has 176 valence electrons. The fourth-order valence-electron chi connectivity index (χ4n) is 3.32. The van der Waals surface area contributed by atoms with E-state index < -0.39 is 0 Å². The zero-order valence-electron chi connectivity index (χ0n) is 19.0. The summed E-state index contributed by atoms with van der Waals surface area (Å²) in [6, 6.07) is 5.74. The average Bonchev–Trinajstić information content (AvgIpc) is 3.23. The number of amides is 1. The maximum Gasteiger partial charge on any atom is 0.276 e. The minimum atomic E-state index is 0. The number of piperazine rings is 1. The highest BCUT2D eigenvalue weighted by Gasteiger charge is 2.21. The molecule has 0 saturated carbocycles. The van der Waals surface area contributed by atoms with E-state index in [0.29, 0.717) is 36.9 Å². The number of nitrogens with zero attached hydrogens (tertiary/aromatic N) is 6. The van der Waals surface area contributed by atoms with Gasteiger partial charge in [-0.3, -0.25) is 19.7 Å². The van der Waals surface area contributed by atoms with Crippen molar-refractivity contribution in [2.45, 2.75) is 33.2 Å². The normalized spacial score (nSPS) is 14.9. The van der Waals surface area contributed by atoms with Crippen LogP contribution in [0.25, 0.3) is 11.6 Å². The molecule has 11 heteroatoms. The number of pyridine rings is 1. The fourth-order valence-corrected chi connectivity index (χ4v) is 3.32. The van der Waals surface area contributed by atoms with Crippen LogP contribution in [0.15, 0.2) is 33.9 Å². The van der Waals surface area contributed by atoms with Crippen LogP contribution in [0.1, 0.15) is 26.6 Å². The molecule has 1 amide bonds. The van der Waals surface area contributed by atoms with E-state index in [1.54, 1.807) is 6.20 Å². The van der Waals surface area contributed by atoms with Gasteiger partial charge >= 0.3 is 0 Å². The summed E-state index contributed by atoms with van der Waals surface area (Å²) in [5, 5.41) is 10.3. The Morgan fingerprint density at radius 3 is 2.69 bits per heavy atom. The van der Waals surface area contributed by atoms with Gasteiger partial charge in [0.15, 0.2) is 11.8 Å². The minimum absolute atomic E-state index is 0. The molecule has 2 aromatic rings. The largest absolute Gasteiger partial charge is 0.357 e. The summed E-state index contributed by atoms with van der Waals surface area (Å²) in [5.41, 5.74) is 0.665. The molecule has 0 bridgehead atoms. The maximum absolute atomic E-state index is 12.0. The number of carbonyl (C=O) groups excluding carboxylic acids is 1. The van der Waals surface area contributed by atoms with Crippen LogP contribution in [-0.2, 0) is 11.2 Å². The van der Waals surface area contributed by atoms with Gasteiger partial charge in [-0.1, -0.05) is 11.2 Å². The standard InChI is InChI=1S/C21H32N8O2.HI/c1-4-22-21(29-13-11-28(12-14-29)15-19(30)25-16(2)3)24-10-8-18-26-20(31-27-18)17-7-5-6-9-23-17;/h5-7,9,16H,4,8,10-15H2,1-3H3,(H,22,24)(H,25,30);1H. The molecule has 0 aromatic carbocycles. The molecule has 3 rings (SSSR count). The second kappa shape index (κ2) is 13.3. The van der Waals surface area contributed by atoms with E-state index >= 15 is 0 Å². The first-order chi connectivity index (χ1) is 15.0. The molecule has 1 aliphatic heterocycles. The zero-order chi connectivity index (χ0) is 22.1. The molecule has 0 atom stereocenters. The fraction of sp³-hybridized carbons (Fsp3) is 0.571. The van der Waals surface area contributed by atoms with Crippen LogP contribution < -0.4 is 10.6 Å². The second-order valence-corrected chi connectivity index (χ2v) is 7.70. The summed E-state index contributed by atoms with van der Waals surface area (Å²) in [5.74, 6) is 1.99. The molecule has 1 saturated heterocycles. The Morgan fingerprint density at radius 1 is 1.25 bits per heavy atom. The number of nitrogens with one attached hydrogen (secondary N) is 2. The van der Waals surface area contributed by atoms with Crippen molar-refractivity contribution in [1.82, 2.24) is 35.6 Å². The van der Waals surface area contributed by atoms with Crippen LogP contribution in [0.5, 0.6) is 0 Å². The van der Waals surface area contributed by atoms with E-state index in [2.05, 4.69) is 42.5 Å². The highest BCUT2D eigenvalue weighted by Crippen LogP contribution is 2.13. The number of hydrogen-bond donors (Lipinski definition) is 2. The third-order valence-corrected chi connectivity index (χ3v) is 4.77. The number of rotatable bonds is 8. The summed E-state index contributed by atoms with van der Waals surface area (Å²) in [4.78, 5) is 29.8. The van der Waals surface area contributed by atoms with Gasteiger partial charge < -0.3 is 20.1 Å². The Labute approximate surface area is 206 Å². The molecule has 0 aliphatic carbocycles. The topological polar surface area (TPSA) is 112 Å². The van der Waals surface area contributed by atoms with E-state index in [0.717, 1.165) is 38.7 Å². The first-order valence-corrected chi connectivity index (χ1v) is 10.8. The lowest BCUT2D eigenvalue weighted by Gasteiger charge is -2.36. The Kier molecular flexibility index (Phi) is 10.8. The zero-order valence-corrected chi connectivity index (χ0v) is 21.3. The predicted molar refractivity (Wildman–Crippen MR) is 134 cm³/mol. The van der Waals surface area contributed by atoms with Crippen LogP contribution in [0.3, 0.4) is 0 Å². The smallest absolute Gasteiger partial charge is 0.276 e. The molecule has 1 fully saturated rings. The summed E-state index contributed by atoms with van der Waals surface area (Å²) in [7, 11) is 0. The monoisotopic (exact) mass is 556 g/mol. The van der Waals surface area contributed by atoms with Gasteiger partial charge in [-0.25, -0.2) is 0 Å². The van der Waals surface area contributed by atoms with Crippen LogP contribution in [0.2, 0.25) is 0 Å². The molecule has 0 radical (unpaired) electrons. The lowest BCUT2D eigenvalue weighted by atomic mass is 10.3. The van der Waals surface area contributed by atoms with Gasteiger partial charge in [0.25, 0.3) is 5.89 Å². The van der Waals surface area contributed by atoms with Crippen LogP contribution in [0.4, 0.5) is 0 Å². The van der Waals surface area contributed by atoms with Crippen LogP contribution in [-0.4, -0.2) is 88.6 Å². The van der Waals surface area contributed by atoms with E-state index in [1.165, 1.54) is 0 Å². The summed E-state index contributed by atoms with van der Waals surface area (Å²) in [6.07, 6.45) is 2.28. The van der Waals surface area contributed by atoms with Crippen LogP contribution in [0, 0.1) is 0 Å². The Balaban J connectivity index is 0.00000363. The number of carbonyl (C=O) groups is 1. The van der Waals surface area contributed by atoms with E-state index in [1.807, 2.05) is 32.0 Å². The molecule has 3 heterocycles. The molecule has 10 nitrogen and oxygen atoms in total. The SMILES string of the molecule is CCNC(=NCCc1noc(-c2ccccn2)n1)N1CCN(CC(=O)NC(C)C)CC1.I. The van der Waals surface area contributed by atoms with Gasteiger partial charge in [-0.05, 0) is 32.9 Å². The van der Waals surface area contributed by atoms with Gasteiger partial charge in [0, 0.05) is 57.9 Å². The number of aliphatic imine (C=N–C) groups is 1.